The second-order valence-corrected chi connectivity index (χ2v) is 9.79. The van der Waals surface area contributed by atoms with E-state index in [0.29, 0.717) is 0 Å². The molecule has 0 N–H and O–H groups in total. The van der Waals surface area contributed by atoms with Crippen LogP contribution < -0.4 is 4.68 Å². The zero-order valence-electron chi connectivity index (χ0n) is 18.0. The summed E-state index contributed by atoms with van der Waals surface area (Å²) in [6.45, 7) is 11.9. The molecule has 0 spiro atoms. The van der Waals surface area contributed by atoms with E-state index >= 15 is 0 Å². The Morgan fingerprint density at radius 2 is 1.76 bits per heavy atom. The molecule has 0 unspecified atom stereocenters. The van der Waals surface area contributed by atoms with Crippen molar-refractivity contribution in [3.05, 3.63) is 70.8 Å². The zero-order valence-corrected chi connectivity index (χ0v) is 18.0. The van der Waals surface area contributed by atoms with Gasteiger partial charge < -0.3 is 0 Å². The molecule has 29 heavy (non-hydrogen) atoms. The van der Waals surface area contributed by atoms with Crippen molar-refractivity contribution in [1.29, 1.82) is 0 Å². The number of benzene rings is 2. The number of aromatic nitrogens is 4. The largest absolute Gasteiger partial charge is 0.295 e. The maximum Gasteiger partial charge on any atom is 0.196 e. The van der Waals surface area contributed by atoms with Gasteiger partial charge in [0.1, 0.15) is 11.5 Å². The summed E-state index contributed by atoms with van der Waals surface area (Å²) in [5, 5.41) is 0. The van der Waals surface area contributed by atoms with Crippen LogP contribution in [0.1, 0.15) is 55.9 Å². The van der Waals surface area contributed by atoms with Crippen LogP contribution in [-0.2, 0) is 24.3 Å². The molecular weight excluding hydrogens is 356 g/mol. The summed E-state index contributed by atoms with van der Waals surface area (Å²) in [6.07, 6.45) is 3.09. The molecule has 0 bridgehead atoms. The van der Waals surface area contributed by atoms with E-state index in [1.54, 1.807) is 0 Å². The quantitative estimate of drug-likeness (QED) is 0.364. The van der Waals surface area contributed by atoms with Crippen LogP contribution in [0.5, 0.6) is 0 Å². The minimum absolute atomic E-state index is 0.0119. The minimum Gasteiger partial charge on any atom is -0.295 e. The lowest BCUT2D eigenvalue weighted by atomic mass is 9.59. The average Bonchev–Trinajstić information content (AvgIpc) is 3.30. The molecule has 4 heteroatoms. The van der Waals surface area contributed by atoms with Gasteiger partial charge in [0.2, 0.25) is 0 Å². The first kappa shape index (κ1) is 17.0. The van der Waals surface area contributed by atoms with Crippen LogP contribution in [0.3, 0.4) is 0 Å². The molecule has 0 amide bonds. The molecule has 0 radical (unpaired) electrons. The summed E-state index contributed by atoms with van der Waals surface area (Å²) >= 11 is 0. The van der Waals surface area contributed by atoms with Crippen molar-refractivity contribution in [3.63, 3.8) is 0 Å². The highest BCUT2D eigenvalue weighted by atomic mass is 15.4. The van der Waals surface area contributed by atoms with Gasteiger partial charge in [0.25, 0.3) is 0 Å². The normalized spacial score (nSPS) is 17.7. The molecular formula is C25H27N4+. The van der Waals surface area contributed by atoms with E-state index in [9.17, 15) is 0 Å². The third-order valence-corrected chi connectivity index (χ3v) is 7.78. The first-order valence-electron chi connectivity index (χ1n) is 10.5. The van der Waals surface area contributed by atoms with Crippen molar-refractivity contribution in [2.24, 2.45) is 7.05 Å². The second-order valence-electron chi connectivity index (χ2n) is 9.79. The third kappa shape index (κ3) is 1.81. The molecule has 0 fully saturated rings. The third-order valence-electron chi connectivity index (χ3n) is 7.78. The van der Waals surface area contributed by atoms with Gasteiger partial charge in [-0.1, -0.05) is 45.9 Å². The number of para-hydroxylation sites is 2. The van der Waals surface area contributed by atoms with Gasteiger partial charge in [0.05, 0.1) is 22.4 Å². The Bertz CT molecular complexity index is 1350. The monoisotopic (exact) mass is 383 g/mol. The Hall–Kier alpha value is -2.88. The molecule has 2 aromatic heterocycles. The van der Waals surface area contributed by atoms with Crippen LogP contribution in [0.25, 0.3) is 22.4 Å². The van der Waals surface area contributed by atoms with Gasteiger partial charge in [-0.05, 0) is 30.2 Å². The van der Waals surface area contributed by atoms with Crippen LogP contribution >= 0.6 is 0 Å². The summed E-state index contributed by atoms with van der Waals surface area (Å²) in [5.41, 5.74) is 10.5. The average molecular weight is 384 g/mol. The molecule has 2 aromatic carbocycles. The van der Waals surface area contributed by atoms with Crippen LogP contribution in [0, 0.1) is 6.92 Å². The van der Waals surface area contributed by atoms with Crippen molar-refractivity contribution >= 4 is 11.0 Å². The summed E-state index contributed by atoms with van der Waals surface area (Å²) in [4.78, 5) is 4.97. The van der Waals surface area contributed by atoms with Crippen molar-refractivity contribution in [2.75, 3.05) is 0 Å². The maximum atomic E-state index is 4.97. The van der Waals surface area contributed by atoms with Crippen molar-refractivity contribution < 1.29 is 4.68 Å². The minimum atomic E-state index is -0.0349. The Morgan fingerprint density at radius 3 is 2.55 bits per heavy atom. The van der Waals surface area contributed by atoms with Gasteiger partial charge in [0, 0.05) is 28.9 Å². The fourth-order valence-electron chi connectivity index (χ4n) is 5.61. The van der Waals surface area contributed by atoms with E-state index in [1.807, 2.05) is 0 Å². The fraction of sp³-hybridized carbons (Fsp3) is 0.360. The van der Waals surface area contributed by atoms with Gasteiger partial charge in [-0.15, -0.1) is 9.36 Å². The Morgan fingerprint density at radius 1 is 1.00 bits per heavy atom. The maximum absolute atomic E-state index is 4.97. The highest BCUT2D eigenvalue weighted by Gasteiger charge is 2.52. The number of aryl methyl sites for hydroxylation is 2. The lowest BCUT2D eigenvalue weighted by molar-refractivity contribution is -0.745. The number of imidazole rings is 1. The number of fused-ring (bicyclic) bond motifs is 9. The molecule has 0 saturated carbocycles. The molecule has 0 saturated heterocycles. The number of hydrogen-bond donors (Lipinski definition) is 0. The Kier molecular flexibility index (Phi) is 2.93. The van der Waals surface area contributed by atoms with Crippen LogP contribution in [0.2, 0.25) is 0 Å². The Labute approximate surface area is 171 Å². The standard InChI is InChI=1S/C25H27N4/c1-15-13-16-14-20-26-17-9-7-8-10-18(17)28(20)23(16)21-22(15)29-19(11-12-27(29)6)24(2,3)25(21,4)5/h7-13H,14H2,1-6H3/q+1. The lowest BCUT2D eigenvalue weighted by Crippen LogP contribution is -2.51. The first-order valence-corrected chi connectivity index (χ1v) is 10.5. The molecule has 0 aliphatic carbocycles. The van der Waals surface area contributed by atoms with Crippen molar-refractivity contribution in [3.8, 4) is 11.4 Å². The van der Waals surface area contributed by atoms with E-state index in [-0.39, 0.29) is 10.8 Å². The van der Waals surface area contributed by atoms with Gasteiger partial charge >= 0.3 is 0 Å². The molecule has 4 heterocycles. The zero-order chi connectivity index (χ0) is 20.3. The van der Waals surface area contributed by atoms with E-state index in [2.05, 4.69) is 98.2 Å². The molecule has 0 atom stereocenters. The van der Waals surface area contributed by atoms with E-state index in [0.717, 1.165) is 17.8 Å². The fourth-order valence-corrected chi connectivity index (χ4v) is 5.61. The highest BCUT2D eigenvalue weighted by Crippen LogP contribution is 2.54. The molecule has 4 aromatic rings. The molecule has 2 aliphatic heterocycles. The number of rotatable bonds is 0. The summed E-state index contributed by atoms with van der Waals surface area (Å²) in [7, 11) is 2.15. The number of nitrogens with zero attached hydrogens (tertiary/aromatic N) is 4. The van der Waals surface area contributed by atoms with Crippen LogP contribution in [0.15, 0.2) is 42.6 Å². The Balaban J connectivity index is 1.82. The molecule has 4 nitrogen and oxygen atoms in total. The van der Waals surface area contributed by atoms with Crippen molar-refractivity contribution in [2.45, 2.75) is 51.9 Å². The van der Waals surface area contributed by atoms with Crippen LogP contribution in [0.4, 0.5) is 0 Å². The second kappa shape index (κ2) is 4.99. The predicted octanol–water partition coefficient (Wildman–Crippen LogP) is 4.42. The van der Waals surface area contributed by atoms with E-state index in [1.165, 1.54) is 39.3 Å². The highest BCUT2D eigenvalue weighted by molar-refractivity contribution is 5.82. The summed E-state index contributed by atoms with van der Waals surface area (Å²) in [6, 6.07) is 13.2. The van der Waals surface area contributed by atoms with Crippen molar-refractivity contribution in [1.82, 2.24) is 14.2 Å². The number of hydrogen-bond acceptors (Lipinski definition) is 1. The summed E-state index contributed by atoms with van der Waals surface area (Å²) in [5.74, 6) is 1.16. The predicted molar refractivity (Wildman–Crippen MR) is 115 cm³/mol. The summed E-state index contributed by atoms with van der Waals surface area (Å²) < 4.78 is 7.08. The smallest absolute Gasteiger partial charge is 0.196 e. The topological polar surface area (TPSA) is 26.6 Å². The SMILES string of the molecule is Cc1cc2c(c3c1-n1c(cc[n+]1C)C(C)(C)C3(C)C)-n1c(nc3ccccc31)C2. The van der Waals surface area contributed by atoms with Gasteiger partial charge in [-0.2, -0.15) is 0 Å². The van der Waals surface area contributed by atoms with Gasteiger partial charge in [0.15, 0.2) is 13.2 Å². The first-order chi connectivity index (χ1) is 13.7. The molecule has 2 aliphatic rings. The lowest BCUT2D eigenvalue weighted by Gasteiger charge is -2.47. The van der Waals surface area contributed by atoms with E-state index in [4.69, 9.17) is 4.98 Å². The van der Waals surface area contributed by atoms with Gasteiger partial charge in [-0.3, -0.25) is 4.57 Å². The van der Waals surface area contributed by atoms with Gasteiger partial charge in [-0.25, -0.2) is 4.98 Å². The van der Waals surface area contributed by atoms with Crippen LogP contribution in [-0.4, -0.2) is 14.2 Å². The van der Waals surface area contributed by atoms with E-state index < -0.39 is 0 Å². The molecule has 6 rings (SSSR count). The molecule has 146 valence electrons.